The molecule has 0 bridgehead atoms. The molecule has 0 aliphatic heterocycles. The Kier molecular flexibility index (Phi) is 4.61. The predicted octanol–water partition coefficient (Wildman–Crippen LogP) is 2.26. The first-order chi connectivity index (χ1) is 8.41. The molecule has 6 heteroatoms. The number of anilines is 1. The van der Waals surface area contributed by atoms with Crippen molar-refractivity contribution in [2.45, 2.75) is 39.2 Å². The van der Waals surface area contributed by atoms with Crippen molar-refractivity contribution in [1.29, 1.82) is 0 Å². The lowest BCUT2D eigenvalue weighted by atomic mass is 9.98. The van der Waals surface area contributed by atoms with Gasteiger partial charge in [-0.3, -0.25) is 10.1 Å². The van der Waals surface area contributed by atoms with E-state index >= 15 is 0 Å². The SMILES string of the molecule is CCC(O)(CC)CNc1cc([N+](=O)[O-])c(C)cn1. The third kappa shape index (κ3) is 3.40. The number of nitrogens with one attached hydrogen (secondary N) is 1. The van der Waals surface area contributed by atoms with Crippen LogP contribution in [-0.4, -0.2) is 27.2 Å². The number of nitro groups is 1. The molecule has 0 saturated carbocycles. The van der Waals surface area contributed by atoms with Crippen LogP contribution in [0.1, 0.15) is 32.3 Å². The quantitative estimate of drug-likeness (QED) is 0.599. The molecule has 0 saturated heterocycles. The van der Waals surface area contributed by atoms with E-state index in [1.807, 2.05) is 13.8 Å². The molecule has 0 unspecified atom stereocenters. The van der Waals surface area contributed by atoms with E-state index in [-0.39, 0.29) is 5.69 Å². The molecule has 100 valence electrons. The van der Waals surface area contributed by atoms with Gasteiger partial charge >= 0.3 is 0 Å². The van der Waals surface area contributed by atoms with Crippen LogP contribution in [0, 0.1) is 17.0 Å². The topological polar surface area (TPSA) is 88.3 Å². The summed E-state index contributed by atoms with van der Waals surface area (Å²) in [6.07, 6.45) is 2.69. The number of rotatable bonds is 6. The molecule has 1 aromatic rings. The molecule has 0 aromatic carbocycles. The van der Waals surface area contributed by atoms with Crippen molar-refractivity contribution >= 4 is 11.5 Å². The highest BCUT2D eigenvalue weighted by atomic mass is 16.6. The largest absolute Gasteiger partial charge is 0.388 e. The average Bonchev–Trinajstić information content (AvgIpc) is 2.37. The van der Waals surface area contributed by atoms with Crippen LogP contribution in [0.4, 0.5) is 11.5 Å². The number of nitrogens with zero attached hydrogens (tertiary/aromatic N) is 2. The van der Waals surface area contributed by atoms with Gasteiger partial charge in [-0.15, -0.1) is 0 Å². The summed E-state index contributed by atoms with van der Waals surface area (Å²) >= 11 is 0. The summed E-state index contributed by atoms with van der Waals surface area (Å²) in [5, 5.41) is 23.8. The molecular weight excluding hydrogens is 234 g/mol. The average molecular weight is 253 g/mol. The van der Waals surface area contributed by atoms with Gasteiger partial charge in [0.2, 0.25) is 0 Å². The van der Waals surface area contributed by atoms with Crippen molar-refractivity contribution < 1.29 is 10.0 Å². The molecule has 0 aliphatic carbocycles. The van der Waals surface area contributed by atoms with E-state index in [0.717, 1.165) is 0 Å². The van der Waals surface area contributed by atoms with Crippen LogP contribution in [0.15, 0.2) is 12.3 Å². The Balaban J connectivity index is 2.80. The number of pyridine rings is 1. The van der Waals surface area contributed by atoms with Gasteiger partial charge in [-0.1, -0.05) is 13.8 Å². The summed E-state index contributed by atoms with van der Waals surface area (Å²) < 4.78 is 0. The zero-order valence-corrected chi connectivity index (χ0v) is 10.9. The summed E-state index contributed by atoms with van der Waals surface area (Å²) in [5.41, 5.74) is -0.253. The molecule has 0 amide bonds. The molecule has 2 N–H and O–H groups in total. The van der Waals surface area contributed by atoms with Crippen molar-refractivity contribution in [3.8, 4) is 0 Å². The summed E-state index contributed by atoms with van der Waals surface area (Å²) in [6, 6.07) is 1.39. The Morgan fingerprint density at radius 2 is 2.11 bits per heavy atom. The smallest absolute Gasteiger partial charge is 0.277 e. The highest BCUT2D eigenvalue weighted by Crippen LogP contribution is 2.21. The van der Waals surface area contributed by atoms with E-state index in [1.54, 1.807) is 6.92 Å². The molecule has 0 fully saturated rings. The van der Waals surface area contributed by atoms with E-state index in [4.69, 9.17) is 0 Å². The van der Waals surface area contributed by atoms with Crippen molar-refractivity contribution in [3.05, 3.63) is 27.9 Å². The van der Waals surface area contributed by atoms with Crippen molar-refractivity contribution in [2.75, 3.05) is 11.9 Å². The van der Waals surface area contributed by atoms with Crippen LogP contribution in [0.5, 0.6) is 0 Å². The second-order valence-corrected chi connectivity index (χ2v) is 4.40. The van der Waals surface area contributed by atoms with E-state index in [1.165, 1.54) is 12.3 Å². The monoisotopic (exact) mass is 253 g/mol. The summed E-state index contributed by atoms with van der Waals surface area (Å²) in [6.45, 7) is 5.77. The number of hydrogen-bond acceptors (Lipinski definition) is 5. The Morgan fingerprint density at radius 3 is 2.61 bits per heavy atom. The first-order valence-electron chi connectivity index (χ1n) is 5.99. The summed E-state index contributed by atoms with van der Waals surface area (Å²) in [7, 11) is 0. The van der Waals surface area contributed by atoms with Crippen LogP contribution in [0.25, 0.3) is 0 Å². The molecule has 18 heavy (non-hydrogen) atoms. The van der Waals surface area contributed by atoms with Crippen LogP contribution < -0.4 is 5.32 Å². The maximum atomic E-state index is 10.8. The zero-order chi connectivity index (χ0) is 13.8. The Labute approximate surface area is 106 Å². The lowest BCUT2D eigenvalue weighted by Gasteiger charge is -2.25. The van der Waals surface area contributed by atoms with Crippen LogP contribution in [0.3, 0.4) is 0 Å². The van der Waals surface area contributed by atoms with E-state index in [2.05, 4.69) is 10.3 Å². The fraction of sp³-hybridized carbons (Fsp3) is 0.583. The van der Waals surface area contributed by atoms with Crippen molar-refractivity contribution in [3.63, 3.8) is 0 Å². The van der Waals surface area contributed by atoms with Gasteiger partial charge in [-0.05, 0) is 19.8 Å². The Bertz CT molecular complexity index is 431. The minimum atomic E-state index is -0.804. The molecule has 0 aliphatic rings. The van der Waals surface area contributed by atoms with Gasteiger partial charge in [-0.25, -0.2) is 4.98 Å². The standard InChI is InChI=1S/C12H19N3O3/c1-4-12(16,5-2)8-14-11-6-10(15(17)18)9(3)7-13-11/h6-7,16H,4-5,8H2,1-3H3,(H,13,14). The normalized spacial score (nSPS) is 11.3. The number of hydrogen-bond donors (Lipinski definition) is 2. The van der Waals surface area contributed by atoms with Gasteiger partial charge in [0.25, 0.3) is 5.69 Å². The third-order valence-corrected chi connectivity index (χ3v) is 3.19. The Hall–Kier alpha value is -1.69. The fourth-order valence-corrected chi connectivity index (χ4v) is 1.56. The van der Waals surface area contributed by atoms with Gasteiger partial charge in [0.15, 0.2) is 0 Å². The van der Waals surface area contributed by atoms with Crippen LogP contribution in [0.2, 0.25) is 0 Å². The highest BCUT2D eigenvalue weighted by Gasteiger charge is 2.22. The zero-order valence-electron chi connectivity index (χ0n) is 10.9. The van der Waals surface area contributed by atoms with Gasteiger partial charge in [0.05, 0.1) is 16.6 Å². The minimum Gasteiger partial charge on any atom is -0.388 e. The fourth-order valence-electron chi connectivity index (χ4n) is 1.56. The molecule has 0 spiro atoms. The first-order valence-corrected chi connectivity index (χ1v) is 5.99. The van der Waals surface area contributed by atoms with E-state index in [9.17, 15) is 15.2 Å². The predicted molar refractivity (Wildman–Crippen MR) is 69.6 cm³/mol. The highest BCUT2D eigenvalue weighted by molar-refractivity contribution is 5.49. The second kappa shape index (κ2) is 5.77. The summed E-state index contributed by atoms with van der Waals surface area (Å²) in [4.78, 5) is 14.4. The second-order valence-electron chi connectivity index (χ2n) is 4.40. The lowest BCUT2D eigenvalue weighted by molar-refractivity contribution is -0.385. The Morgan fingerprint density at radius 1 is 1.50 bits per heavy atom. The number of aliphatic hydroxyl groups is 1. The van der Waals surface area contributed by atoms with Gasteiger partial charge < -0.3 is 10.4 Å². The van der Waals surface area contributed by atoms with Gasteiger partial charge in [0.1, 0.15) is 5.82 Å². The summed E-state index contributed by atoms with van der Waals surface area (Å²) in [5.74, 6) is 0.410. The maximum absolute atomic E-state index is 10.8. The molecule has 0 atom stereocenters. The van der Waals surface area contributed by atoms with E-state index in [0.29, 0.717) is 30.8 Å². The molecule has 1 rings (SSSR count). The first kappa shape index (κ1) is 14.4. The molecule has 0 radical (unpaired) electrons. The number of aryl methyl sites for hydroxylation is 1. The maximum Gasteiger partial charge on any atom is 0.277 e. The van der Waals surface area contributed by atoms with Crippen LogP contribution >= 0.6 is 0 Å². The van der Waals surface area contributed by atoms with Crippen molar-refractivity contribution in [1.82, 2.24) is 4.98 Å². The molecule has 1 aromatic heterocycles. The van der Waals surface area contributed by atoms with Crippen LogP contribution in [-0.2, 0) is 0 Å². The molecule has 6 nitrogen and oxygen atoms in total. The van der Waals surface area contributed by atoms with Gasteiger partial charge in [-0.2, -0.15) is 0 Å². The molecular formula is C12H19N3O3. The lowest BCUT2D eigenvalue weighted by Crippen LogP contribution is -2.35. The minimum absolute atomic E-state index is 0.0315. The number of aromatic nitrogens is 1. The van der Waals surface area contributed by atoms with Gasteiger partial charge in [0, 0.05) is 18.3 Å². The third-order valence-electron chi connectivity index (χ3n) is 3.19. The van der Waals surface area contributed by atoms with E-state index < -0.39 is 10.5 Å². The molecule has 1 heterocycles. The van der Waals surface area contributed by atoms with Crippen molar-refractivity contribution in [2.24, 2.45) is 0 Å².